The fourth-order valence-electron chi connectivity index (χ4n) is 1.10. The molecule has 0 heterocycles. The van der Waals surface area contributed by atoms with Gasteiger partial charge in [0.1, 0.15) is 0 Å². The molecule has 13 heavy (non-hydrogen) atoms. The summed E-state index contributed by atoms with van der Waals surface area (Å²) < 4.78 is 0. The van der Waals surface area contributed by atoms with Gasteiger partial charge in [0.15, 0.2) is 0 Å². The van der Waals surface area contributed by atoms with Crippen molar-refractivity contribution in [2.45, 2.75) is 11.8 Å². The second-order valence-electron chi connectivity index (χ2n) is 2.86. The number of alkyl halides is 1. The molecule has 0 aromatic heterocycles. The van der Waals surface area contributed by atoms with Gasteiger partial charge in [0.05, 0.1) is 0 Å². The fourth-order valence-corrected chi connectivity index (χ4v) is 1.44. The summed E-state index contributed by atoms with van der Waals surface area (Å²) in [6, 6.07) is 8.44. The monoisotopic (exact) mass is 239 g/mol. The Morgan fingerprint density at radius 3 is 2.92 bits per heavy atom. The highest BCUT2D eigenvalue weighted by atomic mass is 79.9. The summed E-state index contributed by atoms with van der Waals surface area (Å²) in [5.74, 6) is 0. The highest BCUT2D eigenvalue weighted by Crippen LogP contribution is 2.10. The normalized spacial score (nSPS) is 10.9. The van der Waals surface area contributed by atoms with Gasteiger partial charge >= 0.3 is 0 Å². The van der Waals surface area contributed by atoms with Crippen LogP contribution >= 0.6 is 15.9 Å². The molecule has 0 aliphatic carbocycles. The summed E-state index contributed by atoms with van der Waals surface area (Å²) in [6.07, 6.45) is 5.16. The van der Waals surface area contributed by atoms with E-state index in [1.807, 2.05) is 0 Å². The van der Waals surface area contributed by atoms with Gasteiger partial charge in [0.25, 0.3) is 0 Å². The van der Waals surface area contributed by atoms with Crippen LogP contribution in [0.25, 0.3) is 6.08 Å². The molecule has 0 aliphatic rings. The molecule has 0 unspecified atom stereocenters. The van der Waals surface area contributed by atoms with Gasteiger partial charge in [-0.25, -0.2) is 0 Å². The summed E-state index contributed by atoms with van der Waals surface area (Å²) in [5.41, 5.74) is 7.93. The zero-order valence-electron chi connectivity index (χ0n) is 7.54. The third-order valence-corrected chi connectivity index (χ3v) is 2.40. The number of halogens is 1. The first-order valence-corrected chi connectivity index (χ1v) is 5.50. The molecule has 1 aromatic rings. The van der Waals surface area contributed by atoms with Crippen molar-refractivity contribution in [3.8, 4) is 0 Å². The molecule has 2 heteroatoms. The predicted octanol–water partition coefficient (Wildman–Crippen LogP) is 2.94. The molecule has 0 spiro atoms. The summed E-state index contributed by atoms with van der Waals surface area (Å²) in [4.78, 5) is 0. The summed E-state index contributed by atoms with van der Waals surface area (Å²) in [5, 5.41) is 0.908. The third-order valence-electron chi connectivity index (χ3n) is 1.75. The lowest BCUT2D eigenvalue weighted by Gasteiger charge is -1.97. The van der Waals surface area contributed by atoms with Crippen molar-refractivity contribution in [3.63, 3.8) is 0 Å². The van der Waals surface area contributed by atoms with E-state index in [4.69, 9.17) is 5.73 Å². The average molecular weight is 240 g/mol. The molecule has 0 fully saturated rings. The Kier molecular flexibility index (Phi) is 4.79. The van der Waals surface area contributed by atoms with Crippen LogP contribution in [0.4, 0.5) is 0 Å². The maximum atomic E-state index is 5.39. The zero-order valence-corrected chi connectivity index (χ0v) is 9.13. The van der Waals surface area contributed by atoms with Crippen LogP contribution in [0.3, 0.4) is 0 Å². The molecule has 0 saturated carbocycles. The molecule has 0 bridgehead atoms. The molecule has 0 saturated heterocycles. The minimum Gasteiger partial charge on any atom is -0.330 e. The quantitative estimate of drug-likeness (QED) is 0.804. The van der Waals surface area contributed by atoms with Gasteiger partial charge in [-0.05, 0) is 24.1 Å². The molecule has 0 atom stereocenters. The van der Waals surface area contributed by atoms with E-state index < -0.39 is 0 Å². The molecule has 1 nitrogen and oxygen atoms in total. The SMILES string of the molecule is NCCC=Cc1cccc(CBr)c1. The lowest BCUT2D eigenvalue weighted by molar-refractivity contribution is 1.01. The minimum absolute atomic E-state index is 0.717. The van der Waals surface area contributed by atoms with Crippen LogP contribution in [-0.4, -0.2) is 6.54 Å². The second kappa shape index (κ2) is 5.95. The van der Waals surface area contributed by atoms with Crippen LogP contribution in [0.2, 0.25) is 0 Å². The number of benzene rings is 1. The highest BCUT2D eigenvalue weighted by Gasteiger charge is 1.89. The smallest absolute Gasteiger partial charge is 0.0283 e. The maximum absolute atomic E-state index is 5.39. The molecular weight excluding hydrogens is 226 g/mol. The lowest BCUT2D eigenvalue weighted by atomic mass is 10.1. The summed E-state index contributed by atoms with van der Waals surface area (Å²) in [6.45, 7) is 0.717. The Morgan fingerprint density at radius 2 is 2.23 bits per heavy atom. The van der Waals surface area contributed by atoms with Crippen molar-refractivity contribution in [1.82, 2.24) is 0 Å². The summed E-state index contributed by atoms with van der Waals surface area (Å²) in [7, 11) is 0. The average Bonchev–Trinajstić information content (AvgIpc) is 2.19. The van der Waals surface area contributed by atoms with Crippen LogP contribution in [0.5, 0.6) is 0 Å². The first-order valence-electron chi connectivity index (χ1n) is 4.38. The number of hydrogen-bond donors (Lipinski definition) is 1. The van der Waals surface area contributed by atoms with Crippen molar-refractivity contribution in [2.24, 2.45) is 5.73 Å². The van der Waals surface area contributed by atoms with Crippen molar-refractivity contribution in [3.05, 3.63) is 41.5 Å². The van der Waals surface area contributed by atoms with Gasteiger partial charge in [-0.15, -0.1) is 0 Å². The van der Waals surface area contributed by atoms with E-state index in [1.54, 1.807) is 0 Å². The molecular formula is C11H14BrN. The van der Waals surface area contributed by atoms with E-state index in [-0.39, 0.29) is 0 Å². The largest absolute Gasteiger partial charge is 0.330 e. The van der Waals surface area contributed by atoms with Gasteiger partial charge in [0.2, 0.25) is 0 Å². The molecule has 70 valence electrons. The number of hydrogen-bond acceptors (Lipinski definition) is 1. The standard InChI is InChI=1S/C11H14BrN/c12-9-11-6-3-5-10(8-11)4-1-2-7-13/h1,3-6,8H,2,7,9,13H2. The van der Waals surface area contributed by atoms with Crippen LogP contribution in [0.15, 0.2) is 30.3 Å². The predicted molar refractivity (Wildman–Crippen MR) is 61.8 cm³/mol. The van der Waals surface area contributed by atoms with Crippen molar-refractivity contribution < 1.29 is 0 Å². The number of nitrogens with two attached hydrogens (primary N) is 1. The van der Waals surface area contributed by atoms with Crippen molar-refractivity contribution in [2.75, 3.05) is 6.54 Å². The first-order chi connectivity index (χ1) is 6.36. The zero-order chi connectivity index (χ0) is 9.52. The summed E-state index contributed by atoms with van der Waals surface area (Å²) >= 11 is 3.43. The minimum atomic E-state index is 0.717. The van der Waals surface area contributed by atoms with E-state index in [9.17, 15) is 0 Å². The van der Waals surface area contributed by atoms with Gasteiger partial charge in [0, 0.05) is 5.33 Å². The van der Waals surface area contributed by atoms with E-state index in [0.717, 1.165) is 11.8 Å². The second-order valence-corrected chi connectivity index (χ2v) is 3.42. The van der Waals surface area contributed by atoms with Gasteiger partial charge in [-0.1, -0.05) is 52.3 Å². The third kappa shape index (κ3) is 3.75. The Hall–Kier alpha value is -0.600. The Labute approximate surface area is 87.8 Å². The number of rotatable bonds is 4. The molecule has 1 rings (SSSR count). The Balaban J connectivity index is 2.66. The van der Waals surface area contributed by atoms with E-state index >= 15 is 0 Å². The molecule has 0 radical (unpaired) electrons. The van der Waals surface area contributed by atoms with Crippen LogP contribution in [0.1, 0.15) is 17.5 Å². The Morgan fingerprint density at radius 1 is 1.38 bits per heavy atom. The van der Waals surface area contributed by atoms with E-state index in [0.29, 0.717) is 6.54 Å². The maximum Gasteiger partial charge on any atom is 0.0283 e. The van der Waals surface area contributed by atoms with Gasteiger partial charge in [-0.3, -0.25) is 0 Å². The first kappa shape index (κ1) is 10.5. The van der Waals surface area contributed by atoms with Gasteiger partial charge in [-0.2, -0.15) is 0 Å². The molecule has 1 aromatic carbocycles. The fraction of sp³-hybridized carbons (Fsp3) is 0.273. The highest BCUT2D eigenvalue weighted by molar-refractivity contribution is 9.08. The topological polar surface area (TPSA) is 26.0 Å². The molecule has 2 N–H and O–H groups in total. The van der Waals surface area contributed by atoms with Crippen LogP contribution < -0.4 is 5.73 Å². The van der Waals surface area contributed by atoms with Gasteiger partial charge < -0.3 is 5.73 Å². The molecule has 0 amide bonds. The van der Waals surface area contributed by atoms with Crippen LogP contribution in [-0.2, 0) is 5.33 Å². The van der Waals surface area contributed by atoms with Crippen molar-refractivity contribution >= 4 is 22.0 Å². The van der Waals surface area contributed by atoms with Crippen LogP contribution in [0, 0.1) is 0 Å². The van der Waals surface area contributed by atoms with Crippen molar-refractivity contribution in [1.29, 1.82) is 0 Å². The van der Waals surface area contributed by atoms with E-state index in [1.165, 1.54) is 11.1 Å². The Bertz CT molecular complexity index is 281. The van der Waals surface area contributed by atoms with E-state index in [2.05, 4.69) is 52.3 Å². The lowest BCUT2D eigenvalue weighted by Crippen LogP contribution is -1.94. The molecule has 0 aliphatic heterocycles.